The molecule has 0 fully saturated rings. The van der Waals surface area contributed by atoms with Crippen molar-refractivity contribution >= 4 is 17.3 Å². The highest BCUT2D eigenvalue weighted by molar-refractivity contribution is 5.92. The topological polar surface area (TPSA) is 72.2 Å². The van der Waals surface area contributed by atoms with E-state index in [1.807, 2.05) is 0 Å². The van der Waals surface area contributed by atoms with Gasteiger partial charge in [-0.3, -0.25) is 19.3 Å². The molecule has 92 valence electrons. The van der Waals surface area contributed by atoms with Crippen LogP contribution in [0.15, 0.2) is 18.2 Å². The van der Waals surface area contributed by atoms with E-state index in [9.17, 15) is 19.3 Å². The SMILES string of the molecule is Cc1ccc(NC(=O)C(C)CF)cc1[N+](=O)[O-]. The number of nitro groups is 1. The van der Waals surface area contributed by atoms with Crippen LogP contribution in [-0.4, -0.2) is 17.5 Å². The molecule has 1 N–H and O–H groups in total. The van der Waals surface area contributed by atoms with Crippen LogP contribution >= 0.6 is 0 Å². The van der Waals surface area contributed by atoms with Crippen LogP contribution in [0.4, 0.5) is 15.8 Å². The Bertz CT molecular complexity index is 448. The zero-order valence-corrected chi connectivity index (χ0v) is 9.57. The van der Waals surface area contributed by atoms with E-state index in [0.29, 0.717) is 11.3 Å². The quantitative estimate of drug-likeness (QED) is 0.649. The smallest absolute Gasteiger partial charge is 0.274 e. The molecule has 1 aromatic rings. The second-order valence-corrected chi connectivity index (χ2v) is 3.80. The lowest BCUT2D eigenvalue weighted by Crippen LogP contribution is -2.21. The number of amides is 1. The average molecular weight is 240 g/mol. The van der Waals surface area contributed by atoms with Crippen molar-refractivity contribution in [1.29, 1.82) is 0 Å². The number of nitrogens with zero attached hydrogens (tertiary/aromatic N) is 1. The Kier molecular flexibility index (Phi) is 4.14. The number of carbonyl (C=O) groups is 1. The molecule has 0 spiro atoms. The lowest BCUT2D eigenvalue weighted by atomic mass is 10.1. The first-order valence-corrected chi connectivity index (χ1v) is 5.07. The van der Waals surface area contributed by atoms with E-state index in [4.69, 9.17) is 0 Å². The van der Waals surface area contributed by atoms with Gasteiger partial charge in [-0.05, 0) is 13.0 Å². The molecule has 0 aliphatic carbocycles. The monoisotopic (exact) mass is 240 g/mol. The summed E-state index contributed by atoms with van der Waals surface area (Å²) < 4.78 is 12.2. The Morgan fingerprint density at radius 1 is 1.59 bits per heavy atom. The predicted octanol–water partition coefficient (Wildman–Crippen LogP) is 2.45. The van der Waals surface area contributed by atoms with E-state index in [1.165, 1.54) is 19.1 Å². The Labute approximate surface area is 97.8 Å². The van der Waals surface area contributed by atoms with Crippen molar-refractivity contribution in [2.75, 3.05) is 12.0 Å². The number of aryl methyl sites for hydroxylation is 1. The second kappa shape index (κ2) is 5.38. The van der Waals surface area contributed by atoms with Crippen LogP contribution in [0.2, 0.25) is 0 Å². The first-order chi connectivity index (χ1) is 7.95. The molecule has 0 aliphatic heterocycles. The molecule has 0 radical (unpaired) electrons. The van der Waals surface area contributed by atoms with E-state index < -0.39 is 23.4 Å². The number of carbonyl (C=O) groups excluding carboxylic acids is 1. The Hall–Kier alpha value is -1.98. The minimum absolute atomic E-state index is 0.0734. The van der Waals surface area contributed by atoms with E-state index in [-0.39, 0.29) is 5.69 Å². The van der Waals surface area contributed by atoms with Gasteiger partial charge in [0.05, 0.1) is 10.8 Å². The summed E-state index contributed by atoms with van der Waals surface area (Å²) in [6.45, 7) is 2.28. The minimum Gasteiger partial charge on any atom is -0.326 e. The van der Waals surface area contributed by atoms with Gasteiger partial charge in [0.2, 0.25) is 5.91 Å². The van der Waals surface area contributed by atoms with E-state index in [0.717, 1.165) is 0 Å². The van der Waals surface area contributed by atoms with Crippen molar-refractivity contribution in [3.8, 4) is 0 Å². The zero-order valence-electron chi connectivity index (χ0n) is 9.57. The number of hydrogen-bond acceptors (Lipinski definition) is 3. The van der Waals surface area contributed by atoms with Crippen molar-refractivity contribution < 1.29 is 14.1 Å². The third kappa shape index (κ3) is 3.24. The van der Waals surface area contributed by atoms with Gasteiger partial charge in [-0.15, -0.1) is 0 Å². The van der Waals surface area contributed by atoms with Gasteiger partial charge < -0.3 is 5.32 Å². The average Bonchev–Trinajstić information content (AvgIpc) is 2.30. The highest BCUT2D eigenvalue weighted by Gasteiger charge is 2.15. The summed E-state index contributed by atoms with van der Waals surface area (Å²) in [5, 5.41) is 13.1. The highest BCUT2D eigenvalue weighted by atomic mass is 19.1. The molecule has 0 saturated heterocycles. The molecular weight excluding hydrogens is 227 g/mol. The van der Waals surface area contributed by atoms with Crippen LogP contribution in [0.1, 0.15) is 12.5 Å². The summed E-state index contributed by atoms with van der Waals surface area (Å²) in [6, 6.07) is 4.34. The van der Waals surface area contributed by atoms with Gasteiger partial charge in [-0.1, -0.05) is 13.0 Å². The fraction of sp³-hybridized carbons (Fsp3) is 0.364. The maximum atomic E-state index is 12.2. The number of anilines is 1. The van der Waals surface area contributed by atoms with Crippen LogP contribution in [0.25, 0.3) is 0 Å². The number of hydrogen-bond donors (Lipinski definition) is 1. The standard InChI is InChI=1S/C11H13FN2O3/c1-7-3-4-9(5-10(7)14(16)17)13-11(15)8(2)6-12/h3-5,8H,6H2,1-2H3,(H,13,15). The third-order valence-electron chi connectivity index (χ3n) is 2.35. The van der Waals surface area contributed by atoms with E-state index in [2.05, 4.69) is 5.32 Å². The van der Waals surface area contributed by atoms with Gasteiger partial charge in [0, 0.05) is 17.3 Å². The molecule has 0 aliphatic rings. The largest absolute Gasteiger partial charge is 0.326 e. The Morgan fingerprint density at radius 3 is 2.76 bits per heavy atom. The molecule has 1 unspecified atom stereocenters. The number of benzene rings is 1. The highest BCUT2D eigenvalue weighted by Crippen LogP contribution is 2.22. The lowest BCUT2D eigenvalue weighted by Gasteiger charge is -2.09. The van der Waals surface area contributed by atoms with E-state index in [1.54, 1.807) is 13.0 Å². The summed E-state index contributed by atoms with van der Waals surface area (Å²) in [4.78, 5) is 21.5. The first-order valence-electron chi connectivity index (χ1n) is 5.07. The van der Waals surface area contributed by atoms with Crippen molar-refractivity contribution in [1.82, 2.24) is 0 Å². The second-order valence-electron chi connectivity index (χ2n) is 3.80. The summed E-state index contributed by atoms with van der Waals surface area (Å²) in [5.74, 6) is -1.26. The van der Waals surface area contributed by atoms with Crippen LogP contribution < -0.4 is 5.32 Å². The minimum atomic E-state index is -0.768. The van der Waals surface area contributed by atoms with Crippen LogP contribution in [-0.2, 0) is 4.79 Å². The summed E-state index contributed by atoms with van der Waals surface area (Å²) >= 11 is 0. The van der Waals surface area contributed by atoms with Crippen molar-refractivity contribution in [2.45, 2.75) is 13.8 Å². The maximum Gasteiger partial charge on any atom is 0.274 e. The lowest BCUT2D eigenvalue weighted by molar-refractivity contribution is -0.385. The van der Waals surface area contributed by atoms with Crippen molar-refractivity contribution in [2.24, 2.45) is 5.92 Å². The number of rotatable bonds is 4. The Morgan fingerprint density at radius 2 is 2.24 bits per heavy atom. The summed E-state index contributed by atoms with van der Waals surface area (Å²) in [6.07, 6.45) is 0. The molecule has 5 nitrogen and oxygen atoms in total. The van der Waals surface area contributed by atoms with Crippen LogP contribution in [0.5, 0.6) is 0 Å². The normalized spacial score (nSPS) is 11.9. The predicted molar refractivity (Wildman–Crippen MR) is 61.6 cm³/mol. The first kappa shape index (κ1) is 13.1. The molecule has 1 atom stereocenters. The van der Waals surface area contributed by atoms with Gasteiger partial charge in [0.1, 0.15) is 6.67 Å². The zero-order chi connectivity index (χ0) is 13.0. The van der Waals surface area contributed by atoms with Gasteiger partial charge in [0.15, 0.2) is 0 Å². The van der Waals surface area contributed by atoms with Crippen LogP contribution in [0, 0.1) is 23.0 Å². The summed E-state index contributed by atoms with van der Waals surface area (Å²) in [7, 11) is 0. The third-order valence-corrected chi connectivity index (χ3v) is 2.35. The van der Waals surface area contributed by atoms with Crippen molar-refractivity contribution in [3.05, 3.63) is 33.9 Å². The Balaban J connectivity index is 2.90. The molecule has 1 amide bonds. The number of nitro benzene ring substituents is 1. The fourth-order valence-electron chi connectivity index (χ4n) is 1.22. The summed E-state index contributed by atoms with van der Waals surface area (Å²) in [5.41, 5.74) is 0.731. The number of halogens is 1. The molecule has 6 heteroatoms. The molecule has 17 heavy (non-hydrogen) atoms. The van der Waals surface area contributed by atoms with Gasteiger partial charge >= 0.3 is 0 Å². The molecule has 0 heterocycles. The molecule has 1 rings (SSSR count). The molecule has 1 aromatic carbocycles. The number of alkyl halides is 1. The molecule has 0 aromatic heterocycles. The number of nitrogens with one attached hydrogen (secondary N) is 1. The molecule has 0 saturated carbocycles. The van der Waals surface area contributed by atoms with Gasteiger partial charge in [-0.25, -0.2) is 0 Å². The van der Waals surface area contributed by atoms with E-state index >= 15 is 0 Å². The molecular formula is C11H13FN2O3. The van der Waals surface area contributed by atoms with Gasteiger partial charge in [0.25, 0.3) is 5.69 Å². The maximum absolute atomic E-state index is 12.2. The molecule has 0 bridgehead atoms. The van der Waals surface area contributed by atoms with Crippen molar-refractivity contribution in [3.63, 3.8) is 0 Å². The van der Waals surface area contributed by atoms with Crippen LogP contribution in [0.3, 0.4) is 0 Å². The fourth-order valence-corrected chi connectivity index (χ4v) is 1.22. The van der Waals surface area contributed by atoms with Gasteiger partial charge in [-0.2, -0.15) is 0 Å².